The summed E-state index contributed by atoms with van der Waals surface area (Å²) in [4.78, 5) is 17.2. The number of carbonyl (C=O) groups is 1. The number of fused-ring (bicyclic) bond motifs is 4. The first kappa shape index (κ1) is 14.7. The zero-order valence-electron chi connectivity index (χ0n) is 12.5. The molecular formula is C16H21ClN2O2. The Balaban J connectivity index is 1.83. The lowest BCUT2D eigenvalue weighted by molar-refractivity contribution is 0.0587. The lowest BCUT2D eigenvalue weighted by Gasteiger charge is -2.36. The number of benzene rings is 1. The van der Waals surface area contributed by atoms with E-state index in [2.05, 4.69) is 11.9 Å². The molecule has 0 saturated carbocycles. The molecule has 3 fully saturated rings. The molecule has 21 heavy (non-hydrogen) atoms. The van der Waals surface area contributed by atoms with Crippen LogP contribution >= 0.6 is 11.6 Å². The molecule has 3 aliphatic rings. The fourth-order valence-electron chi connectivity index (χ4n) is 3.53. The summed E-state index contributed by atoms with van der Waals surface area (Å²) in [6, 6.07) is 5.60. The van der Waals surface area contributed by atoms with Crippen LogP contribution in [0.2, 0.25) is 5.02 Å². The molecule has 0 aromatic heterocycles. The highest BCUT2D eigenvalue weighted by molar-refractivity contribution is 6.32. The van der Waals surface area contributed by atoms with Gasteiger partial charge in [0.05, 0.1) is 12.1 Å². The third-order valence-corrected chi connectivity index (χ3v) is 4.85. The van der Waals surface area contributed by atoms with Crippen LogP contribution < -0.4 is 4.74 Å². The molecule has 3 aliphatic heterocycles. The molecule has 1 aromatic rings. The molecule has 0 radical (unpaired) electrons. The van der Waals surface area contributed by atoms with Gasteiger partial charge in [-0.05, 0) is 44.0 Å². The molecule has 1 aromatic carbocycles. The van der Waals surface area contributed by atoms with Crippen molar-refractivity contribution >= 4 is 17.5 Å². The fraction of sp³-hybridized carbons (Fsp3) is 0.562. The molecule has 5 heteroatoms. The largest absolute Gasteiger partial charge is 0.495 e. The second kappa shape index (κ2) is 5.85. The summed E-state index contributed by atoms with van der Waals surface area (Å²) in [5.74, 6) is 1.28. The molecule has 0 spiro atoms. The maximum absolute atomic E-state index is 12.8. The molecule has 2 atom stereocenters. The Morgan fingerprint density at radius 1 is 1.29 bits per heavy atom. The lowest BCUT2D eigenvalue weighted by atomic mass is 9.94. The Morgan fingerprint density at radius 3 is 2.81 bits per heavy atom. The van der Waals surface area contributed by atoms with Gasteiger partial charge in [0, 0.05) is 31.2 Å². The molecule has 0 aliphatic carbocycles. The number of methoxy groups -OCH3 is 1. The quantitative estimate of drug-likeness (QED) is 0.841. The van der Waals surface area contributed by atoms with E-state index >= 15 is 0 Å². The van der Waals surface area contributed by atoms with Crippen molar-refractivity contribution in [2.75, 3.05) is 33.8 Å². The molecule has 1 amide bonds. The fourth-order valence-corrected chi connectivity index (χ4v) is 3.79. The zero-order chi connectivity index (χ0) is 15.0. The van der Waals surface area contributed by atoms with E-state index in [1.807, 2.05) is 4.90 Å². The Morgan fingerprint density at radius 2 is 2.10 bits per heavy atom. The summed E-state index contributed by atoms with van der Waals surface area (Å²) in [6.45, 7) is 2.91. The van der Waals surface area contributed by atoms with Gasteiger partial charge in [-0.15, -0.1) is 0 Å². The Hall–Kier alpha value is -1.26. The Kier molecular flexibility index (Phi) is 4.09. The van der Waals surface area contributed by atoms with E-state index in [1.54, 1.807) is 25.3 Å². The Labute approximate surface area is 130 Å². The van der Waals surface area contributed by atoms with Crippen LogP contribution in [0.3, 0.4) is 0 Å². The molecule has 0 N–H and O–H groups in total. The van der Waals surface area contributed by atoms with E-state index < -0.39 is 0 Å². The summed E-state index contributed by atoms with van der Waals surface area (Å²) in [6.07, 6.45) is 2.33. The van der Waals surface area contributed by atoms with Gasteiger partial charge in [-0.1, -0.05) is 11.6 Å². The van der Waals surface area contributed by atoms with Gasteiger partial charge in [-0.3, -0.25) is 4.79 Å². The highest BCUT2D eigenvalue weighted by Gasteiger charge is 2.36. The first-order chi connectivity index (χ1) is 10.1. The smallest absolute Gasteiger partial charge is 0.254 e. The normalized spacial score (nSPS) is 25.8. The van der Waals surface area contributed by atoms with Crippen LogP contribution in [0.15, 0.2) is 18.2 Å². The SMILES string of the molecule is COc1ccc(C(=O)N2C[C@H]3CC[C@@H]2CN(C)C3)cc1Cl. The van der Waals surface area contributed by atoms with E-state index in [4.69, 9.17) is 16.3 Å². The van der Waals surface area contributed by atoms with Crippen molar-refractivity contribution < 1.29 is 9.53 Å². The molecule has 3 heterocycles. The van der Waals surface area contributed by atoms with Crippen molar-refractivity contribution in [3.8, 4) is 5.75 Å². The average Bonchev–Trinajstić information content (AvgIpc) is 2.75. The molecule has 3 saturated heterocycles. The monoisotopic (exact) mass is 308 g/mol. The van der Waals surface area contributed by atoms with Crippen molar-refractivity contribution in [2.45, 2.75) is 18.9 Å². The van der Waals surface area contributed by atoms with Gasteiger partial charge >= 0.3 is 0 Å². The van der Waals surface area contributed by atoms with E-state index in [-0.39, 0.29) is 5.91 Å². The third-order valence-electron chi connectivity index (χ3n) is 4.56. The van der Waals surface area contributed by atoms with Gasteiger partial charge in [0.25, 0.3) is 5.91 Å². The lowest BCUT2D eigenvalue weighted by Crippen LogP contribution is -2.47. The number of nitrogens with zero attached hydrogens (tertiary/aromatic N) is 2. The number of hydrogen-bond acceptors (Lipinski definition) is 3. The van der Waals surface area contributed by atoms with Crippen LogP contribution in [0.25, 0.3) is 0 Å². The second-order valence-corrected chi connectivity index (χ2v) is 6.53. The second-order valence-electron chi connectivity index (χ2n) is 6.13. The standard InChI is InChI=1S/C16H21ClN2O2/c1-18-8-11-3-5-13(10-18)19(9-11)16(20)12-4-6-15(21-2)14(17)7-12/h4,6-7,11,13H,3,5,8-10H2,1-2H3/t11-,13+/m0/s1. The van der Waals surface area contributed by atoms with Crippen molar-refractivity contribution in [3.63, 3.8) is 0 Å². The third kappa shape index (κ3) is 2.87. The van der Waals surface area contributed by atoms with Gasteiger partial charge in [-0.2, -0.15) is 0 Å². The van der Waals surface area contributed by atoms with Crippen LogP contribution in [0.1, 0.15) is 23.2 Å². The van der Waals surface area contributed by atoms with E-state index in [0.29, 0.717) is 28.3 Å². The van der Waals surface area contributed by atoms with Crippen molar-refractivity contribution in [1.29, 1.82) is 0 Å². The van der Waals surface area contributed by atoms with Crippen LogP contribution in [-0.2, 0) is 0 Å². The van der Waals surface area contributed by atoms with Gasteiger partial charge < -0.3 is 14.5 Å². The van der Waals surface area contributed by atoms with Crippen LogP contribution in [0, 0.1) is 5.92 Å². The molecule has 2 bridgehead atoms. The van der Waals surface area contributed by atoms with Gasteiger partial charge in [0.1, 0.15) is 5.75 Å². The molecule has 114 valence electrons. The van der Waals surface area contributed by atoms with E-state index in [0.717, 1.165) is 26.1 Å². The predicted octanol–water partition coefficient (Wildman–Crippen LogP) is 2.51. The number of ether oxygens (including phenoxy) is 1. The number of piperidine rings is 1. The van der Waals surface area contributed by atoms with E-state index in [9.17, 15) is 4.79 Å². The van der Waals surface area contributed by atoms with Crippen LogP contribution in [0.4, 0.5) is 0 Å². The summed E-state index contributed by atoms with van der Waals surface area (Å²) in [5, 5.41) is 0.487. The number of likely N-dealkylation sites (N-methyl/N-ethyl adjacent to an activating group) is 1. The molecular weight excluding hydrogens is 288 g/mol. The van der Waals surface area contributed by atoms with Crippen molar-refractivity contribution in [2.24, 2.45) is 5.92 Å². The molecule has 0 unspecified atom stereocenters. The van der Waals surface area contributed by atoms with Crippen molar-refractivity contribution in [1.82, 2.24) is 9.80 Å². The van der Waals surface area contributed by atoms with Crippen LogP contribution in [0.5, 0.6) is 5.75 Å². The van der Waals surface area contributed by atoms with Crippen LogP contribution in [-0.4, -0.2) is 55.5 Å². The number of carbonyl (C=O) groups excluding carboxylic acids is 1. The van der Waals surface area contributed by atoms with Crippen molar-refractivity contribution in [3.05, 3.63) is 28.8 Å². The summed E-state index contributed by atoms with van der Waals surface area (Å²) in [5.41, 5.74) is 0.649. The van der Waals surface area contributed by atoms with Gasteiger partial charge in [0.15, 0.2) is 0 Å². The summed E-state index contributed by atoms with van der Waals surface area (Å²) in [7, 11) is 3.72. The Bertz CT molecular complexity index is 549. The van der Waals surface area contributed by atoms with E-state index in [1.165, 1.54) is 6.42 Å². The highest BCUT2D eigenvalue weighted by atomic mass is 35.5. The molecule has 4 rings (SSSR count). The topological polar surface area (TPSA) is 32.8 Å². The van der Waals surface area contributed by atoms with Gasteiger partial charge in [0.2, 0.25) is 0 Å². The number of amides is 1. The first-order valence-electron chi connectivity index (χ1n) is 7.41. The minimum Gasteiger partial charge on any atom is -0.495 e. The zero-order valence-corrected chi connectivity index (χ0v) is 13.3. The minimum absolute atomic E-state index is 0.0875. The average molecular weight is 309 g/mol. The number of hydrogen-bond donors (Lipinski definition) is 0. The number of rotatable bonds is 2. The van der Waals surface area contributed by atoms with Gasteiger partial charge in [-0.25, -0.2) is 0 Å². The number of halogens is 1. The summed E-state index contributed by atoms with van der Waals surface area (Å²) >= 11 is 6.14. The highest BCUT2D eigenvalue weighted by Crippen LogP contribution is 2.30. The minimum atomic E-state index is 0.0875. The predicted molar refractivity (Wildman–Crippen MR) is 83.0 cm³/mol. The first-order valence-corrected chi connectivity index (χ1v) is 7.79. The maximum atomic E-state index is 12.8. The summed E-state index contributed by atoms with van der Waals surface area (Å²) < 4.78 is 5.15. The maximum Gasteiger partial charge on any atom is 0.254 e. The molecule has 4 nitrogen and oxygen atoms in total.